The summed E-state index contributed by atoms with van der Waals surface area (Å²) in [4.78, 5) is 33.8. The molecule has 28 heavy (non-hydrogen) atoms. The molecular formula is C22H21N3O2S. The van der Waals surface area contributed by atoms with Gasteiger partial charge in [0.25, 0.3) is 5.91 Å². The van der Waals surface area contributed by atoms with E-state index in [9.17, 15) is 9.59 Å². The van der Waals surface area contributed by atoms with E-state index >= 15 is 0 Å². The molecule has 6 heteroatoms. The van der Waals surface area contributed by atoms with Crippen LogP contribution < -0.4 is 4.90 Å². The number of rotatable bonds is 3. The van der Waals surface area contributed by atoms with Crippen LogP contribution in [-0.2, 0) is 9.59 Å². The zero-order valence-corrected chi connectivity index (χ0v) is 16.3. The largest absolute Gasteiger partial charge is 0.291 e. The molecule has 2 aliphatic heterocycles. The molecule has 0 aliphatic carbocycles. The van der Waals surface area contributed by atoms with Crippen LogP contribution in [-0.4, -0.2) is 40.8 Å². The highest BCUT2D eigenvalue weighted by Crippen LogP contribution is 2.35. The maximum atomic E-state index is 12.9. The standard InChI is InChI=1S/C22H21N3O2S/c26-20-14-18(22(27)25(20)16-6-2-1-3-7-16)24-12-10-15(11-13-24)21-23-17-8-4-5-9-19(17)28-21/h1-9,15,18H,10-14H2/t18-/m1/s1. The monoisotopic (exact) mass is 391 g/mol. The number of anilines is 1. The molecule has 5 nitrogen and oxygen atoms in total. The summed E-state index contributed by atoms with van der Waals surface area (Å²) in [5, 5.41) is 1.19. The highest BCUT2D eigenvalue weighted by molar-refractivity contribution is 7.18. The summed E-state index contributed by atoms with van der Waals surface area (Å²) >= 11 is 1.78. The van der Waals surface area contributed by atoms with Crippen molar-refractivity contribution in [2.24, 2.45) is 0 Å². The quantitative estimate of drug-likeness (QED) is 0.637. The minimum absolute atomic E-state index is 0.0883. The topological polar surface area (TPSA) is 53.5 Å². The third kappa shape index (κ3) is 3.02. The van der Waals surface area contributed by atoms with Gasteiger partial charge in [-0.15, -0.1) is 11.3 Å². The van der Waals surface area contributed by atoms with Crippen molar-refractivity contribution >= 4 is 39.1 Å². The Morgan fingerprint density at radius 3 is 2.39 bits per heavy atom. The van der Waals surface area contributed by atoms with Crippen molar-refractivity contribution < 1.29 is 9.59 Å². The number of hydrogen-bond acceptors (Lipinski definition) is 5. The second-order valence-corrected chi connectivity index (χ2v) is 8.52. The van der Waals surface area contributed by atoms with Crippen LogP contribution in [0.5, 0.6) is 0 Å². The molecule has 5 rings (SSSR count). The van der Waals surface area contributed by atoms with Crippen LogP contribution >= 0.6 is 11.3 Å². The van der Waals surface area contributed by atoms with Gasteiger partial charge in [0.15, 0.2) is 0 Å². The first kappa shape index (κ1) is 17.5. The highest BCUT2D eigenvalue weighted by Gasteiger charge is 2.43. The van der Waals surface area contributed by atoms with Crippen LogP contribution in [0.4, 0.5) is 5.69 Å². The lowest BCUT2D eigenvalue weighted by Gasteiger charge is -2.34. The van der Waals surface area contributed by atoms with Crippen molar-refractivity contribution in [2.45, 2.75) is 31.2 Å². The molecule has 2 saturated heterocycles. The number of fused-ring (bicyclic) bond motifs is 1. The summed E-state index contributed by atoms with van der Waals surface area (Å²) in [7, 11) is 0. The maximum absolute atomic E-state index is 12.9. The molecule has 1 atom stereocenters. The fourth-order valence-electron chi connectivity index (χ4n) is 4.27. The summed E-state index contributed by atoms with van der Waals surface area (Å²) in [5.41, 5.74) is 1.74. The molecule has 2 amide bonds. The van der Waals surface area contributed by atoms with E-state index in [0.717, 1.165) is 31.4 Å². The number of thiazole rings is 1. The van der Waals surface area contributed by atoms with E-state index in [1.165, 1.54) is 14.6 Å². The van der Waals surface area contributed by atoms with Gasteiger partial charge in [0, 0.05) is 5.92 Å². The zero-order chi connectivity index (χ0) is 19.1. The molecule has 2 aliphatic rings. The van der Waals surface area contributed by atoms with Gasteiger partial charge in [-0.25, -0.2) is 9.88 Å². The van der Waals surface area contributed by atoms with Crippen LogP contribution in [0.15, 0.2) is 54.6 Å². The molecule has 0 N–H and O–H groups in total. The van der Waals surface area contributed by atoms with Crippen molar-refractivity contribution in [1.82, 2.24) is 9.88 Å². The lowest BCUT2D eigenvalue weighted by molar-refractivity contribution is -0.123. The Morgan fingerprint density at radius 1 is 0.929 bits per heavy atom. The fourth-order valence-corrected chi connectivity index (χ4v) is 5.41. The summed E-state index contributed by atoms with van der Waals surface area (Å²) in [5.74, 6) is 0.246. The average molecular weight is 391 g/mol. The van der Waals surface area contributed by atoms with E-state index in [1.54, 1.807) is 11.3 Å². The zero-order valence-electron chi connectivity index (χ0n) is 15.5. The van der Waals surface area contributed by atoms with Gasteiger partial charge in [-0.2, -0.15) is 0 Å². The number of para-hydroxylation sites is 2. The molecule has 0 saturated carbocycles. The Bertz CT molecular complexity index is 991. The predicted octanol–water partition coefficient (Wildman–Crippen LogP) is 3.81. The van der Waals surface area contributed by atoms with E-state index in [2.05, 4.69) is 17.0 Å². The lowest BCUT2D eigenvalue weighted by Crippen LogP contribution is -2.45. The van der Waals surface area contributed by atoms with E-state index in [-0.39, 0.29) is 24.3 Å². The van der Waals surface area contributed by atoms with Crippen molar-refractivity contribution in [3.8, 4) is 0 Å². The van der Waals surface area contributed by atoms with Gasteiger partial charge < -0.3 is 0 Å². The Balaban J connectivity index is 1.28. The number of carbonyl (C=O) groups is 2. The average Bonchev–Trinajstić information content (AvgIpc) is 3.29. The third-order valence-corrected chi connectivity index (χ3v) is 6.97. The van der Waals surface area contributed by atoms with E-state index < -0.39 is 0 Å². The maximum Gasteiger partial charge on any atom is 0.251 e. The Hall–Kier alpha value is -2.57. The van der Waals surface area contributed by atoms with Crippen molar-refractivity contribution in [3.05, 3.63) is 59.6 Å². The van der Waals surface area contributed by atoms with Gasteiger partial charge in [0.2, 0.25) is 5.91 Å². The number of carbonyl (C=O) groups excluding carboxylic acids is 2. The molecule has 0 bridgehead atoms. The van der Waals surface area contributed by atoms with E-state index in [1.807, 2.05) is 42.5 Å². The molecule has 0 spiro atoms. The van der Waals surface area contributed by atoms with E-state index in [0.29, 0.717) is 11.6 Å². The third-order valence-electron chi connectivity index (χ3n) is 5.77. The van der Waals surface area contributed by atoms with Crippen LogP contribution in [0.3, 0.4) is 0 Å². The minimum Gasteiger partial charge on any atom is -0.291 e. The molecule has 142 valence electrons. The first-order chi connectivity index (χ1) is 13.7. The van der Waals surface area contributed by atoms with Gasteiger partial charge in [-0.3, -0.25) is 14.5 Å². The molecule has 1 aromatic heterocycles. The lowest BCUT2D eigenvalue weighted by atomic mass is 9.96. The normalized spacial score (nSPS) is 21.7. The summed E-state index contributed by atoms with van der Waals surface area (Å²) in [6.45, 7) is 1.65. The molecule has 0 radical (unpaired) electrons. The van der Waals surface area contributed by atoms with Crippen LogP contribution in [0.1, 0.15) is 30.2 Å². The molecule has 0 unspecified atom stereocenters. The van der Waals surface area contributed by atoms with Crippen LogP contribution in [0, 0.1) is 0 Å². The molecule has 3 heterocycles. The summed E-state index contributed by atoms with van der Waals surface area (Å²) < 4.78 is 1.23. The number of hydrogen-bond donors (Lipinski definition) is 0. The van der Waals surface area contributed by atoms with Crippen molar-refractivity contribution in [3.63, 3.8) is 0 Å². The molecule has 2 fully saturated rings. The number of aromatic nitrogens is 1. The first-order valence-corrected chi connectivity index (χ1v) is 10.5. The fraction of sp³-hybridized carbons (Fsp3) is 0.318. The number of benzene rings is 2. The Morgan fingerprint density at radius 2 is 1.64 bits per heavy atom. The number of imide groups is 1. The van der Waals surface area contributed by atoms with Crippen molar-refractivity contribution in [1.29, 1.82) is 0 Å². The molecule has 3 aromatic rings. The molecular weight excluding hydrogens is 370 g/mol. The SMILES string of the molecule is O=C1C[C@@H](N2CCC(c3nc4ccccc4s3)CC2)C(=O)N1c1ccccc1. The number of amides is 2. The number of nitrogens with zero attached hydrogens (tertiary/aromatic N) is 3. The first-order valence-electron chi connectivity index (χ1n) is 9.72. The second kappa shape index (κ2) is 7.11. The predicted molar refractivity (Wildman–Crippen MR) is 111 cm³/mol. The van der Waals surface area contributed by atoms with Crippen LogP contribution in [0.25, 0.3) is 10.2 Å². The van der Waals surface area contributed by atoms with Gasteiger partial charge >= 0.3 is 0 Å². The van der Waals surface area contributed by atoms with Gasteiger partial charge in [0.1, 0.15) is 0 Å². The summed E-state index contributed by atoms with van der Waals surface area (Å²) in [6.07, 6.45) is 2.23. The summed E-state index contributed by atoms with van der Waals surface area (Å²) in [6, 6.07) is 17.2. The number of piperidine rings is 1. The second-order valence-electron chi connectivity index (χ2n) is 7.45. The van der Waals surface area contributed by atoms with Gasteiger partial charge in [0.05, 0.1) is 33.4 Å². The number of likely N-dealkylation sites (tertiary alicyclic amines) is 1. The Kier molecular flexibility index (Phi) is 4.45. The van der Waals surface area contributed by atoms with Gasteiger partial charge in [-0.05, 0) is 50.2 Å². The van der Waals surface area contributed by atoms with Crippen LogP contribution in [0.2, 0.25) is 0 Å². The Labute approximate surface area is 167 Å². The van der Waals surface area contributed by atoms with E-state index in [4.69, 9.17) is 4.98 Å². The van der Waals surface area contributed by atoms with Crippen molar-refractivity contribution in [2.75, 3.05) is 18.0 Å². The molecule has 2 aromatic carbocycles. The highest BCUT2D eigenvalue weighted by atomic mass is 32.1. The smallest absolute Gasteiger partial charge is 0.251 e. The van der Waals surface area contributed by atoms with Gasteiger partial charge in [-0.1, -0.05) is 30.3 Å². The minimum atomic E-state index is -0.330.